The Morgan fingerprint density at radius 1 is 1.38 bits per heavy atom. The Balaban J connectivity index is 2.17. The molecule has 3 nitrogen and oxygen atoms in total. The second kappa shape index (κ2) is 4.90. The summed E-state index contributed by atoms with van der Waals surface area (Å²) in [5, 5.41) is 7.29. The van der Waals surface area contributed by atoms with Gasteiger partial charge in [-0.1, -0.05) is 12.1 Å². The predicted octanol–water partition coefficient (Wildman–Crippen LogP) is 1.79. The second-order valence-corrected chi connectivity index (χ2v) is 3.64. The fourth-order valence-corrected chi connectivity index (χ4v) is 1.64. The van der Waals surface area contributed by atoms with Crippen molar-refractivity contribution in [2.45, 2.75) is 13.1 Å². The lowest BCUT2D eigenvalue weighted by Crippen LogP contribution is -2.13. The molecule has 4 heteroatoms. The van der Waals surface area contributed by atoms with Crippen LogP contribution in [0.2, 0.25) is 0 Å². The van der Waals surface area contributed by atoms with E-state index in [1.54, 1.807) is 12.3 Å². The average Bonchev–Trinajstić information content (AvgIpc) is 2.66. The summed E-state index contributed by atoms with van der Waals surface area (Å²) in [5.41, 5.74) is 2.01. The quantitative estimate of drug-likeness (QED) is 0.849. The molecule has 0 fully saturated rings. The van der Waals surface area contributed by atoms with E-state index < -0.39 is 0 Å². The lowest BCUT2D eigenvalue weighted by atomic mass is 10.2. The molecule has 0 radical (unpaired) electrons. The third-order valence-electron chi connectivity index (χ3n) is 2.38. The molecule has 0 aliphatic carbocycles. The topological polar surface area (TPSA) is 29.9 Å². The van der Waals surface area contributed by atoms with Crippen molar-refractivity contribution in [1.29, 1.82) is 0 Å². The summed E-state index contributed by atoms with van der Waals surface area (Å²) in [7, 11) is 1.89. The van der Waals surface area contributed by atoms with E-state index in [-0.39, 0.29) is 5.82 Å². The Morgan fingerprint density at radius 3 is 3.00 bits per heavy atom. The van der Waals surface area contributed by atoms with E-state index in [1.165, 1.54) is 12.1 Å². The zero-order chi connectivity index (χ0) is 11.4. The molecule has 0 amide bonds. The fourth-order valence-electron chi connectivity index (χ4n) is 1.64. The van der Waals surface area contributed by atoms with Crippen LogP contribution in [0.15, 0.2) is 36.5 Å². The van der Waals surface area contributed by atoms with E-state index >= 15 is 0 Å². The van der Waals surface area contributed by atoms with Gasteiger partial charge in [0.25, 0.3) is 0 Å². The van der Waals surface area contributed by atoms with Crippen molar-refractivity contribution in [3.8, 4) is 0 Å². The largest absolute Gasteiger partial charge is 0.314 e. The van der Waals surface area contributed by atoms with Crippen molar-refractivity contribution >= 4 is 0 Å². The Morgan fingerprint density at radius 2 is 2.25 bits per heavy atom. The van der Waals surface area contributed by atoms with Gasteiger partial charge in [0.1, 0.15) is 5.82 Å². The Kier molecular flexibility index (Phi) is 3.31. The third-order valence-corrected chi connectivity index (χ3v) is 2.38. The van der Waals surface area contributed by atoms with Crippen molar-refractivity contribution in [2.24, 2.45) is 0 Å². The molecule has 1 heterocycles. The maximum Gasteiger partial charge on any atom is 0.123 e. The van der Waals surface area contributed by atoms with Crippen molar-refractivity contribution in [2.75, 3.05) is 7.05 Å². The summed E-state index contributed by atoms with van der Waals surface area (Å²) < 4.78 is 14.9. The molecule has 0 aliphatic heterocycles. The number of nitrogens with zero attached hydrogens (tertiary/aromatic N) is 2. The molecule has 0 atom stereocenters. The molecule has 0 spiro atoms. The first-order valence-electron chi connectivity index (χ1n) is 5.19. The summed E-state index contributed by atoms with van der Waals surface area (Å²) in [5.74, 6) is -0.208. The summed E-state index contributed by atoms with van der Waals surface area (Å²) in [6.45, 7) is 1.36. The lowest BCUT2D eigenvalue weighted by molar-refractivity contribution is 0.605. The molecule has 0 saturated carbocycles. The molecule has 0 unspecified atom stereocenters. The van der Waals surface area contributed by atoms with E-state index in [2.05, 4.69) is 10.4 Å². The number of halogens is 1. The first-order valence-corrected chi connectivity index (χ1v) is 5.19. The van der Waals surface area contributed by atoms with Gasteiger partial charge in [0.2, 0.25) is 0 Å². The van der Waals surface area contributed by atoms with Gasteiger partial charge in [-0.15, -0.1) is 0 Å². The van der Waals surface area contributed by atoms with Crippen molar-refractivity contribution < 1.29 is 4.39 Å². The number of aromatic nitrogens is 2. The normalized spacial score (nSPS) is 10.6. The minimum atomic E-state index is -0.208. The van der Waals surface area contributed by atoms with E-state index in [1.807, 2.05) is 23.9 Å². The molecule has 0 aliphatic rings. The van der Waals surface area contributed by atoms with Crippen LogP contribution in [0.1, 0.15) is 11.3 Å². The summed E-state index contributed by atoms with van der Waals surface area (Å²) in [6, 6.07) is 8.54. The first kappa shape index (κ1) is 10.8. The highest BCUT2D eigenvalue weighted by Gasteiger charge is 2.02. The van der Waals surface area contributed by atoms with Crippen LogP contribution in [0.25, 0.3) is 0 Å². The van der Waals surface area contributed by atoms with Crippen LogP contribution in [0.3, 0.4) is 0 Å². The zero-order valence-corrected chi connectivity index (χ0v) is 9.15. The van der Waals surface area contributed by atoms with Crippen LogP contribution in [-0.4, -0.2) is 16.8 Å². The SMILES string of the molecule is CNCc1ccnn1Cc1cccc(F)c1. The van der Waals surface area contributed by atoms with E-state index in [0.29, 0.717) is 6.54 Å². The number of nitrogens with one attached hydrogen (secondary N) is 1. The molecule has 1 N–H and O–H groups in total. The predicted molar refractivity (Wildman–Crippen MR) is 60.5 cm³/mol. The molecule has 0 saturated heterocycles. The van der Waals surface area contributed by atoms with Gasteiger partial charge in [-0.2, -0.15) is 5.10 Å². The minimum Gasteiger partial charge on any atom is -0.314 e. The van der Waals surface area contributed by atoms with Gasteiger partial charge in [0.05, 0.1) is 12.2 Å². The van der Waals surface area contributed by atoms with Crippen molar-refractivity contribution in [3.63, 3.8) is 0 Å². The molecule has 2 rings (SSSR count). The lowest BCUT2D eigenvalue weighted by Gasteiger charge is -2.07. The number of hydrogen-bond donors (Lipinski definition) is 1. The number of hydrogen-bond acceptors (Lipinski definition) is 2. The second-order valence-electron chi connectivity index (χ2n) is 3.64. The van der Waals surface area contributed by atoms with Gasteiger partial charge in [0, 0.05) is 12.7 Å². The monoisotopic (exact) mass is 219 g/mol. The van der Waals surface area contributed by atoms with Gasteiger partial charge >= 0.3 is 0 Å². The van der Waals surface area contributed by atoms with Gasteiger partial charge < -0.3 is 5.32 Å². The summed E-state index contributed by atoms with van der Waals surface area (Å²) in [6.07, 6.45) is 1.76. The summed E-state index contributed by atoms with van der Waals surface area (Å²) in [4.78, 5) is 0. The highest BCUT2D eigenvalue weighted by atomic mass is 19.1. The van der Waals surface area contributed by atoms with Crippen molar-refractivity contribution in [1.82, 2.24) is 15.1 Å². The smallest absolute Gasteiger partial charge is 0.123 e. The zero-order valence-electron chi connectivity index (χ0n) is 9.15. The summed E-state index contributed by atoms with van der Waals surface area (Å²) >= 11 is 0. The Bertz CT molecular complexity index is 465. The van der Waals surface area contributed by atoms with E-state index in [0.717, 1.165) is 17.8 Å². The van der Waals surface area contributed by atoms with Crippen LogP contribution in [0.4, 0.5) is 4.39 Å². The van der Waals surface area contributed by atoms with Crippen LogP contribution < -0.4 is 5.32 Å². The highest BCUT2D eigenvalue weighted by molar-refractivity contribution is 5.17. The van der Waals surface area contributed by atoms with Crippen LogP contribution >= 0.6 is 0 Å². The highest BCUT2D eigenvalue weighted by Crippen LogP contribution is 2.07. The Hall–Kier alpha value is -1.68. The maximum atomic E-state index is 13.0. The van der Waals surface area contributed by atoms with Gasteiger partial charge in [-0.05, 0) is 30.8 Å². The molecule has 1 aromatic heterocycles. The average molecular weight is 219 g/mol. The van der Waals surface area contributed by atoms with E-state index in [4.69, 9.17) is 0 Å². The van der Waals surface area contributed by atoms with Crippen LogP contribution in [0, 0.1) is 5.82 Å². The fraction of sp³-hybridized carbons (Fsp3) is 0.250. The van der Waals surface area contributed by atoms with Crippen LogP contribution in [0.5, 0.6) is 0 Å². The molecular weight excluding hydrogens is 205 g/mol. The molecule has 2 aromatic rings. The third kappa shape index (κ3) is 2.46. The molecule has 84 valence electrons. The van der Waals surface area contributed by atoms with Gasteiger partial charge in [-0.3, -0.25) is 4.68 Å². The maximum absolute atomic E-state index is 13.0. The van der Waals surface area contributed by atoms with Crippen molar-refractivity contribution in [3.05, 3.63) is 53.6 Å². The number of benzene rings is 1. The molecular formula is C12H14FN3. The molecule has 1 aromatic carbocycles. The van der Waals surface area contributed by atoms with Gasteiger partial charge in [-0.25, -0.2) is 4.39 Å². The van der Waals surface area contributed by atoms with E-state index in [9.17, 15) is 4.39 Å². The molecule has 0 bridgehead atoms. The first-order chi connectivity index (χ1) is 7.79. The number of rotatable bonds is 4. The van der Waals surface area contributed by atoms with Gasteiger partial charge in [0.15, 0.2) is 0 Å². The Labute approximate surface area is 93.9 Å². The standard InChI is InChI=1S/C12H14FN3/c1-14-8-12-5-6-15-16(12)9-10-3-2-4-11(13)7-10/h2-7,14H,8-9H2,1H3. The molecule has 16 heavy (non-hydrogen) atoms. The van der Waals surface area contributed by atoms with Crippen LogP contribution in [-0.2, 0) is 13.1 Å². The minimum absolute atomic E-state index is 0.208.